The Morgan fingerprint density at radius 3 is 1.40 bits per heavy atom. The molecular formula is C23H33NO. The van der Waals surface area contributed by atoms with Crippen LogP contribution in [0.5, 0.6) is 0 Å². The zero-order valence-electron chi connectivity index (χ0n) is 17.2. The molecule has 0 aliphatic carbocycles. The molecule has 2 rings (SSSR count). The first-order valence-corrected chi connectivity index (χ1v) is 9.12. The summed E-state index contributed by atoms with van der Waals surface area (Å²) >= 11 is 0. The van der Waals surface area contributed by atoms with Gasteiger partial charge < -0.3 is 9.64 Å². The summed E-state index contributed by atoms with van der Waals surface area (Å²) in [4.78, 5) is 2.17. The first kappa shape index (κ1) is 19.7. The van der Waals surface area contributed by atoms with E-state index in [2.05, 4.69) is 84.8 Å². The van der Waals surface area contributed by atoms with E-state index in [0.717, 1.165) is 13.2 Å². The van der Waals surface area contributed by atoms with Crippen LogP contribution >= 0.6 is 0 Å². The molecule has 0 aromatic heterocycles. The quantitative estimate of drug-likeness (QED) is 0.717. The Hall–Kier alpha value is -1.64. The zero-order valence-corrected chi connectivity index (χ0v) is 17.2. The number of ether oxygens (including phenoxy) is 1. The lowest BCUT2D eigenvalue weighted by Gasteiger charge is -2.27. The highest BCUT2D eigenvalue weighted by Gasteiger charge is 2.23. The van der Waals surface area contributed by atoms with E-state index >= 15 is 0 Å². The van der Waals surface area contributed by atoms with Crippen LogP contribution in [0.2, 0.25) is 0 Å². The number of rotatable bonds is 6. The first-order valence-electron chi connectivity index (χ1n) is 9.12. The number of nitrogens with zero attached hydrogens (tertiary/aromatic N) is 1. The molecule has 0 saturated heterocycles. The molecule has 2 aromatic carbocycles. The van der Waals surface area contributed by atoms with Gasteiger partial charge in [-0.2, -0.15) is 0 Å². The van der Waals surface area contributed by atoms with Crippen LogP contribution in [0.4, 0.5) is 0 Å². The zero-order chi connectivity index (χ0) is 18.7. The minimum atomic E-state index is -0.0128. The van der Waals surface area contributed by atoms with Crippen molar-refractivity contribution < 1.29 is 4.74 Å². The van der Waals surface area contributed by atoms with Crippen molar-refractivity contribution >= 4 is 0 Å². The number of hydrogen-bond donors (Lipinski definition) is 0. The lowest BCUT2D eigenvalue weighted by atomic mass is 9.87. The van der Waals surface area contributed by atoms with Crippen molar-refractivity contribution in [3.63, 3.8) is 0 Å². The van der Waals surface area contributed by atoms with Crippen LogP contribution in [-0.4, -0.2) is 32.1 Å². The summed E-state index contributed by atoms with van der Waals surface area (Å²) in [6.45, 7) is 14.8. The molecule has 25 heavy (non-hydrogen) atoms. The maximum absolute atomic E-state index is 6.49. The van der Waals surface area contributed by atoms with Crippen molar-refractivity contribution in [1.29, 1.82) is 0 Å². The predicted octanol–water partition coefficient (Wildman–Crippen LogP) is 5.20. The summed E-state index contributed by atoms with van der Waals surface area (Å²) < 4.78 is 6.49. The standard InChI is InChI=1S/C23H33NO/c1-15-11-17(3)21(18(4)12-15)23(25-10-9-24(7)8)22-19(5)13-16(2)14-20(22)6/h11-14,23H,9-10H2,1-8H3. The largest absolute Gasteiger partial charge is 0.367 e. The molecule has 0 fully saturated rings. The normalized spacial score (nSPS) is 11.6. The highest BCUT2D eigenvalue weighted by Crippen LogP contribution is 2.35. The van der Waals surface area contributed by atoms with Gasteiger partial charge in [0.1, 0.15) is 6.10 Å². The highest BCUT2D eigenvalue weighted by atomic mass is 16.5. The Bertz CT molecular complexity index is 642. The Labute approximate surface area is 153 Å². The molecule has 0 aliphatic heterocycles. The maximum Gasteiger partial charge on any atom is 0.109 e. The topological polar surface area (TPSA) is 12.5 Å². The number of aryl methyl sites for hydroxylation is 6. The average Bonchev–Trinajstić information content (AvgIpc) is 2.44. The molecule has 0 amide bonds. The van der Waals surface area contributed by atoms with E-state index in [-0.39, 0.29) is 6.10 Å². The second-order valence-electron chi connectivity index (χ2n) is 7.68. The van der Waals surface area contributed by atoms with Gasteiger partial charge in [-0.15, -0.1) is 0 Å². The van der Waals surface area contributed by atoms with Crippen molar-refractivity contribution in [1.82, 2.24) is 4.90 Å². The Balaban J connectivity index is 2.55. The van der Waals surface area contributed by atoms with Gasteiger partial charge in [0, 0.05) is 6.54 Å². The fourth-order valence-corrected chi connectivity index (χ4v) is 3.87. The molecule has 0 radical (unpaired) electrons. The molecule has 0 N–H and O–H groups in total. The lowest BCUT2D eigenvalue weighted by Crippen LogP contribution is -2.21. The Morgan fingerprint density at radius 1 is 0.720 bits per heavy atom. The van der Waals surface area contributed by atoms with Crippen LogP contribution in [0.25, 0.3) is 0 Å². The summed E-state index contributed by atoms with van der Waals surface area (Å²) in [7, 11) is 4.17. The van der Waals surface area contributed by atoms with E-state index in [1.54, 1.807) is 0 Å². The van der Waals surface area contributed by atoms with E-state index in [1.807, 2.05) is 0 Å². The maximum atomic E-state index is 6.49. The van der Waals surface area contributed by atoms with Crippen LogP contribution in [0.15, 0.2) is 24.3 Å². The van der Waals surface area contributed by atoms with E-state index in [9.17, 15) is 0 Å². The van der Waals surface area contributed by atoms with Gasteiger partial charge in [-0.3, -0.25) is 0 Å². The van der Waals surface area contributed by atoms with Crippen molar-refractivity contribution in [2.75, 3.05) is 27.2 Å². The van der Waals surface area contributed by atoms with Crippen molar-refractivity contribution in [2.24, 2.45) is 0 Å². The van der Waals surface area contributed by atoms with Gasteiger partial charge in [-0.1, -0.05) is 35.4 Å². The average molecular weight is 340 g/mol. The second-order valence-corrected chi connectivity index (χ2v) is 7.68. The summed E-state index contributed by atoms with van der Waals surface area (Å²) in [6, 6.07) is 9.07. The Morgan fingerprint density at radius 2 is 1.08 bits per heavy atom. The highest BCUT2D eigenvalue weighted by molar-refractivity contribution is 5.48. The second kappa shape index (κ2) is 8.16. The van der Waals surface area contributed by atoms with Crippen LogP contribution in [0.1, 0.15) is 50.6 Å². The fraction of sp³-hybridized carbons (Fsp3) is 0.478. The van der Waals surface area contributed by atoms with Crippen LogP contribution in [-0.2, 0) is 4.74 Å². The smallest absolute Gasteiger partial charge is 0.109 e. The van der Waals surface area contributed by atoms with Crippen molar-refractivity contribution in [3.05, 3.63) is 68.8 Å². The molecule has 0 saturated carbocycles. The third kappa shape index (κ3) is 4.71. The van der Waals surface area contributed by atoms with Gasteiger partial charge in [0.2, 0.25) is 0 Å². The van der Waals surface area contributed by atoms with Crippen LogP contribution in [0, 0.1) is 41.5 Å². The molecule has 0 bridgehead atoms. The summed E-state index contributed by atoms with van der Waals surface area (Å²) in [5.74, 6) is 0. The lowest BCUT2D eigenvalue weighted by molar-refractivity contribution is 0.0672. The Kier molecular flexibility index (Phi) is 6.42. The monoisotopic (exact) mass is 339 g/mol. The molecule has 0 atom stereocenters. The van der Waals surface area contributed by atoms with E-state index < -0.39 is 0 Å². The van der Waals surface area contributed by atoms with E-state index in [4.69, 9.17) is 4.74 Å². The van der Waals surface area contributed by atoms with E-state index in [0.29, 0.717) is 0 Å². The molecule has 0 unspecified atom stereocenters. The predicted molar refractivity (Wildman–Crippen MR) is 108 cm³/mol. The van der Waals surface area contributed by atoms with Gasteiger partial charge in [-0.25, -0.2) is 0 Å². The molecule has 2 aromatic rings. The molecule has 0 heterocycles. The van der Waals surface area contributed by atoms with Crippen molar-refractivity contribution in [2.45, 2.75) is 47.6 Å². The summed E-state index contributed by atoms with van der Waals surface area (Å²) in [5.41, 5.74) is 10.5. The molecule has 0 aliphatic rings. The fourth-order valence-electron chi connectivity index (χ4n) is 3.87. The summed E-state index contributed by atoms with van der Waals surface area (Å²) in [6.07, 6.45) is -0.0128. The number of likely N-dealkylation sites (N-methyl/N-ethyl adjacent to an activating group) is 1. The van der Waals surface area contributed by atoms with Gasteiger partial charge in [0.05, 0.1) is 6.61 Å². The van der Waals surface area contributed by atoms with Gasteiger partial charge in [0.25, 0.3) is 0 Å². The third-order valence-corrected chi connectivity index (χ3v) is 4.82. The van der Waals surface area contributed by atoms with E-state index in [1.165, 1.54) is 44.5 Å². The number of hydrogen-bond acceptors (Lipinski definition) is 2. The van der Waals surface area contributed by atoms with Gasteiger partial charge >= 0.3 is 0 Å². The molecule has 2 heteroatoms. The van der Waals surface area contributed by atoms with Crippen LogP contribution < -0.4 is 0 Å². The third-order valence-electron chi connectivity index (χ3n) is 4.82. The van der Waals surface area contributed by atoms with Gasteiger partial charge in [0.15, 0.2) is 0 Å². The summed E-state index contributed by atoms with van der Waals surface area (Å²) in [5, 5.41) is 0. The molecule has 136 valence electrons. The van der Waals surface area contributed by atoms with Gasteiger partial charge in [-0.05, 0) is 89.0 Å². The molecular weight excluding hydrogens is 306 g/mol. The minimum Gasteiger partial charge on any atom is -0.367 e. The van der Waals surface area contributed by atoms with Crippen molar-refractivity contribution in [3.8, 4) is 0 Å². The first-order chi connectivity index (χ1) is 11.7. The van der Waals surface area contributed by atoms with Crippen LogP contribution in [0.3, 0.4) is 0 Å². The SMILES string of the molecule is Cc1cc(C)c(C(OCCN(C)C)c2c(C)cc(C)cc2C)c(C)c1. The number of benzene rings is 2. The minimum absolute atomic E-state index is 0.0128. The molecule has 0 spiro atoms. The molecule has 2 nitrogen and oxygen atoms in total.